The predicted octanol–water partition coefficient (Wildman–Crippen LogP) is 5.95. The van der Waals surface area contributed by atoms with Crippen LogP contribution >= 0.6 is 0 Å². The van der Waals surface area contributed by atoms with Crippen molar-refractivity contribution in [1.82, 2.24) is 0 Å². The molecule has 6 heteroatoms. The van der Waals surface area contributed by atoms with Gasteiger partial charge in [0.15, 0.2) is 11.6 Å². The second-order valence-electron chi connectivity index (χ2n) is 10.8. The van der Waals surface area contributed by atoms with Crippen LogP contribution in [0.15, 0.2) is 97.1 Å². The first-order valence-corrected chi connectivity index (χ1v) is 13.6. The molecule has 6 nitrogen and oxygen atoms in total. The number of nitrogens with one attached hydrogen (secondary N) is 2. The zero-order valence-corrected chi connectivity index (χ0v) is 21.6. The van der Waals surface area contributed by atoms with E-state index in [1.165, 1.54) is 0 Å². The van der Waals surface area contributed by atoms with Crippen LogP contribution in [-0.2, 0) is 9.59 Å². The standard InChI is InChI=1S/C34H26N2O4/c37-31-21-13-7-8-14-22(21)32(38)30-28(36-34(40)26-18-24(26)20-11-5-2-6-12-20)16-15-27(29(30)31)35-33(39)25-17-23(25)19-9-3-1-4-10-19/h1-16,23-26H,17-18H2,(H,35,39)(H,36,40)/t23-,24-,25+,26+/m0/s1. The number of benzene rings is 4. The second-order valence-corrected chi connectivity index (χ2v) is 10.8. The molecule has 7 rings (SSSR count). The van der Waals surface area contributed by atoms with Crippen molar-refractivity contribution in [2.24, 2.45) is 11.8 Å². The predicted molar refractivity (Wildman–Crippen MR) is 152 cm³/mol. The summed E-state index contributed by atoms with van der Waals surface area (Å²) in [7, 11) is 0. The van der Waals surface area contributed by atoms with E-state index >= 15 is 0 Å². The van der Waals surface area contributed by atoms with Crippen molar-refractivity contribution in [2.75, 3.05) is 10.6 Å². The Balaban J connectivity index is 1.19. The molecule has 196 valence electrons. The summed E-state index contributed by atoms with van der Waals surface area (Å²) in [5.74, 6) is -1.21. The Morgan fingerprint density at radius 1 is 0.525 bits per heavy atom. The minimum atomic E-state index is -0.347. The summed E-state index contributed by atoms with van der Waals surface area (Å²) in [5.41, 5.74) is 3.63. The molecule has 2 saturated carbocycles. The van der Waals surface area contributed by atoms with E-state index in [2.05, 4.69) is 10.6 Å². The van der Waals surface area contributed by atoms with Gasteiger partial charge in [0.05, 0.1) is 22.5 Å². The van der Waals surface area contributed by atoms with Gasteiger partial charge in [-0.3, -0.25) is 19.2 Å². The van der Waals surface area contributed by atoms with Gasteiger partial charge in [0.1, 0.15) is 0 Å². The number of hydrogen-bond acceptors (Lipinski definition) is 4. The van der Waals surface area contributed by atoms with Gasteiger partial charge in [0.25, 0.3) is 0 Å². The van der Waals surface area contributed by atoms with Gasteiger partial charge in [0.2, 0.25) is 11.8 Å². The quantitative estimate of drug-likeness (QED) is 0.286. The van der Waals surface area contributed by atoms with Crippen LogP contribution in [0.1, 0.15) is 67.6 Å². The zero-order valence-electron chi connectivity index (χ0n) is 21.6. The van der Waals surface area contributed by atoms with Crippen LogP contribution in [0.2, 0.25) is 0 Å². The van der Waals surface area contributed by atoms with Crippen LogP contribution in [-0.4, -0.2) is 23.4 Å². The molecule has 0 aromatic heterocycles. The molecular weight excluding hydrogens is 500 g/mol. The first-order valence-electron chi connectivity index (χ1n) is 13.6. The lowest BCUT2D eigenvalue weighted by atomic mass is 9.82. The van der Waals surface area contributed by atoms with E-state index in [0.717, 1.165) is 24.0 Å². The molecule has 4 aromatic carbocycles. The molecule has 4 aromatic rings. The van der Waals surface area contributed by atoms with Crippen molar-refractivity contribution in [1.29, 1.82) is 0 Å². The Morgan fingerprint density at radius 3 is 1.30 bits per heavy atom. The molecule has 0 bridgehead atoms. The van der Waals surface area contributed by atoms with Gasteiger partial charge in [0, 0.05) is 23.0 Å². The summed E-state index contributed by atoms with van der Waals surface area (Å²) in [6.07, 6.45) is 1.46. The molecule has 4 atom stereocenters. The van der Waals surface area contributed by atoms with Gasteiger partial charge in [-0.2, -0.15) is 0 Å². The van der Waals surface area contributed by atoms with Gasteiger partial charge in [-0.05, 0) is 47.9 Å². The summed E-state index contributed by atoms with van der Waals surface area (Å²) < 4.78 is 0. The normalized spacial score (nSPS) is 22.1. The Kier molecular flexibility index (Phi) is 5.70. The van der Waals surface area contributed by atoms with Gasteiger partial charge in [-0.25, -0.2) is 0 Å². The number of carbonyl (C=O) groups is 4. The minimum absolute atomic E-state index is 0.127. The molecule has 0 saturated heterocycles. The molecule has 0 aliphatic heterocycles. The Bertz CT molecular complexity index is 1570. The molecule has 2 N–H and O–H groups in total. The highest BCUT2D eigenvalue weighted by Crippen LogP contribution is 2.49. The molecule has 2 amide bonds. The van der Waals surface area contributed by atoms with Crippen LogP contribution in [0.25, 0.3) is 0 Å². The molecule has 0 radical (unpaired) electrons. The highest BCUT2D eigenvalue weighted by molar-refractivity contribution is 6.32. The fraction of sp³-hybridized carbons (Fsp3) is 0.176. The molecule has 3 aliphatic carbocycles. The van der Waals surface area contributed by atoms with Crippen LogP contribution in [0.4, 0.5) is 11.4 Å². The Hall–Kier alpha value is -4.84. The molecule has 0 spiro atoms. The Labute approximate surface area is 231 Å². The van der Waals surface area contributed by atoms with Crippen molar-refractivity contribution in [3.8, 4) is 0 Å². The zero-order chi connectivity index (χ0) is 27.4. The second kappa shape index (κ2) is 9.42. The van der Waals surface area contributed by atoms with Gasteiger partial charge < -0.3 is 10.6 Å². The monoisotopic (exact) mass is 526 g/mol. The van der Waals surface area contributed by atoms with Gasteiger partial charge in [-0.15, -0.1) is 0 Å². The van der Waals surface area contributed by atoms with E-state index in [1.54, 1.807) is 36.4 Å². The van der Waals surface area contributed by atoms with Crippen LogP contribution in [0.5, 0.6) is 0 Å². The number of anilines is 2. The molecular formula is C34H26N2O4. The van der Waals surface area contributed by atoms with Crippen molar-refractivity contribution < 1.29 is 19.2 Å². The summed E-state index contributed by atoms with van der Waals surface area (Å²) in [4.78, 5) is 53.9. The van der Waals surface area contributed by atoms with Crippen LogP contribution in [0.3, 0.4) is 0 Å². The fourth-order valence-electron chi connectivity index (χ4n) is 5.99. The van der Waals surface area contributed by atoms with E-state index < -0.39 is 0 Å². The van der Waals surface area contributed by atoms with Gasteiger partial charge in [-0.1, -0.05) is 84.9 Å². The fourth-order valence-corrected chi connectivity index (χ4v) is 5.99. The number of rotatable bonds is 6. The van der Waals surface area contributed by atoms with Crippen LogP contribution in [0, 0.1) is 11.8 Å². The Morgan fingerprint density at radius 2 is 0.900 bits per heavy atom. The lowest BCUT2D eigenvalue weighted by molar-refractivity contribution is -0.118. The highest BCUT2D eigenvalue weighted by atomic mass is 16.2. The third kappa shape index (κ3) is 4.13. The van der Waals surface area contributed by atoms with Crippen molar-refractivity contribution in [2.45, 2.75) is 24.7 Å². The average molecular weight is 527 g/mol. The maximum absolute atomic E-state index is 13.7. The number of ketones is 2. The average Bonchev–Trinajstić information content (AvgIpc) is 3.92. The van der Waals surface area contributed by atoms with E-state index in [-0.39, 0.29) is 69.6 Å². The molecule has 40 heavy (non-hydrogen) atoms. The SMILES string of the molecule is O=C1c2ccccc2C(=O)c2c(NC(=O)[C@@H]3C[C@H]3c3ccccc3)ccc(NC(=O)[C@@H]3C[C@H]3c3ccccc3)c21. The summed E-state index contributed by atoms with van der Waals surface area (Å²) in [5, 5.41) is 5.87. The van der Waals surface area contributed by atoms with Crippen molar-refractivity contribution in [3.63, 3.8) is 0 Å². The first-order chi connectivity index (χ1) is 19.5. The number of carbonyl (C=O) groups excluding carboxylic acids is 4. The minimum Gasteiger partial charge on any atom is -0.325 e. The van der Waals surface area contributed by atoms with E-state index in [4.69, 9.17) is 0 Å². The van der Waals surface area contributed by atoms with E-state index in [1.807, 2.05) is 60.7 Å². The first kappa shape index (κ1) is 24.2. The number of fused-ring (bicyclic) bond motifs is 2. The van der Waals surface area contributed by atoms with Crippen LogP contribution < -0.4 is 10.6 Å². The lowest BCUT2D eigenvalue weighted by Gasteiger charge is -2.23. The number of hydrogen-bond donors (Lipinski definition) is 2. The molecule has 3 aliphatic rings. The molecule has 0 unspecified atom stereocenters. The van der Waals surface area contributed by atoms with Crippen molar-refractivity contribution >= 4 is 34.8 Å². The third-order valence-corrected chi connectivity index (χ3v) is 8.30. The summed E-state index contributed by atoms with van der Waals surface area (Å²) in [6, 6.07) is 29.7. The largest absolute Gasteiger partial charge is 0.325 e. The third-order valence-electron chi connectivity index (χ3n) is 8.30. The number of amides is 2. The lowest BCUT2D eigenvalue weighted by Crippen LogP contribution is -2.27. The highest BCUT2D eigenvalue weighted by Gasteiger charge is 2.46. The van der Waals surface area contributed by atoms with E-state index in [9.17, 15) is 19.2 Å². The summed E-state index contributed by atoms with van der Waals surface area (Å²) >= 11 is 0. The maximum Gasteiger partial charge on any atom is 0.228 e. The van der Waals surface area contributed by atoms with Gasteiger partial charge >= 0.3 is 0 Å². The topological polar surface area (TPSA) is 92.3 Å². The smallest absolute Gasteiger partial charge is 0.228 e. The van der Waals surface area contributed by atoms with Crippen molar-refractivity contribution in [3.05, 3.63) is 130 Å². The molecule has 0 heterocycles. The van der Waals surface area contributed by atoms with E-state index in [0.29, 0.717) is 11.1 Å². The summed E-state index contributed by atoms with van der Waals surface area (Å²) in [6.45, 7) is 0. The molecule has 2 fully saturated rings. The maximum atomic E-state index is 13.7.